The molecule has 0 atom stereocenters. The summed E-state index contributed by atoms with van der Waals surface area (Å²) in [5, 5.41) is 14.1. The Morgan fingerprint density at radius 3 is 2.44 bits per heavy atom. The van der Waals surface area contributed by atoms with Gasteiger partial charge >= 0.3 is 6.18 Å². The molecular weight excluding hydrogens is 564 g/mol. The van der Waals surface area contributed by atoms with E-state index in [1.54, 1.807) is 18.5 Å². The number of pyridine rings is 1. The number of rotatable bonds is 9. The minimum absolute atomic E-state index is 0.155. The number of nitrogens with one attached hydrogen (secondary N) is 2. The Kier molecular flexibility index (Phi) is 7.06. The summed E-state index contributed by atoms with van der Waals surface area (Å²) >= 11 is 0. The minimum Gasteiger partial charge on any atom is -0.320 e. The molecule has 1 amide bonds. The van der Waals surface area contributed by atoms with Crippen molar-refractivity contribution in [3.8, 4) is 0 Å². The van der Waals surface area contributed by atoms with Crippen LogP contribution in [0.5, 0.6) is 0 Å². The van der Waals surface area contributed by atoms with E-state index in [1.807, 2.05) is 11.6 Å². The lowest BCUT2D eigenvalue weighted by Gasteiger charge is -2.66. The van der Waals surface area contributed by atoms with Crippen LogP contribution in [-0.4, -0.2) is 38.0 Å². The predicted molar refractivity (Wildman–Crippen MR) is 152 cm³/mol. The molecule has 3 aromatic rings. The minimum atomic E-state index is -4.66. The van der Waals surface area contributed by atoms with E-state index in [-0.39, 0.29) is 23.1 Å². The lowest BCUT2D eigenvalue weighted by atomic mass is 9.38. The first kappa shape index (κ1) is 29.5. The average Bonchev–Trinajstić information content (AvgIpc) is 3.60. The summed E-state index contributed by atoms with van der Waals surface area (Å²) in [6.07, 6.45) is 4.00. The lowest BCUT2D eigenvalue weighted by molar-refractivity contribution is -0.141. The van der Waals surface area contributed by atoms with Crippen LogP contribution in [-0.2, 0) is 25.6 Å². The monoisotopic (exact) mass is 600 g/mol. The molecule has 2 N–H and O–H groups in total. The van der Waals surface area contributed by atoms with Gasteiger partial charge < -0.3 is 19.8 Å². The molecule has 3 fully saturated rings. The molecule has 3 saturated carbocycles. The number of benzene rings is 1. The zero-order valence-corrected chi connectivity index (χ0v) is 24.5. The Hall–Kier alpha value is -3.54. The van der Waals surface area contributed by atoms with Gasteiger partial charge in [0.1, 0.15) is 30.1 Å². The average molecular weight is 601 g/mol. The van der Waals surface area contributed by atoms with Gasteiger partial charge in [0.25, 0.3) is 11.5 Å². The molecule has 43 heavy (non-hydrogen) atoms. The summed E-state index contributed by atoms with van der Waals surface area (Å²) in [6, 6.07) is 5.77. The third-order valence-corrected chi connectivity index (χ3v) is 9.16. The number of carbonyl (C=O) groups excluding carboxylic acids is 1. The molecule has 1 aromatic carbocycles. The number of hydrogen-bond donors (Lipinski definition) is 2. The zero-order chi connectivity index (χ0) is 30.8. The fourth-order valence-electron chi connectivity index (χ4n) is 7.78. The largest absolute Gasteiger partial charge is 0.406 e. The second kappa shape index (κ2) is 10.3. The van der Waals surface area contributed by atoms with E-state index in [2.05, 4.69) is 34.7 Å². The summed E-state index contributed by atoms with van der Waals surface area (Å²) in [5.41, 5.74) is -0.751. The van der Waals surface area contributed by atoms with Gasteiger partial charge in [0.2, 0.25) is 0 Å². The van der Waals surface area contributed by atoms with Crippen LogP contribution >= 0.6 is 0 Å². The van der Waals surface area contributed by atoms with Crippen molar-refractivity contribution in [2.24, 2.45) is 23.8 Å². The van der Waals surface area contributed by atoms with Crippen molar-refractivity contribution in [2.75, 3.05) is 11.9 Å². The Morgan fingerprint density at radius 2 is 1.84 bits per heavy atom. The Morgan fingerprint density at radius 1 is 1.12 bits per heavy atom. The first-order valence-electron chi connectivity index (χ1n) is 14.6. The van der Waals surface area contributed by atoms with Gasteiger partial charge in [0.15, 0.2) is 0 Å². The molecule has 3 aliphatic carbocycles. The van der Waals surface area contributed by atoms with Gasteiger partial charge in [0, 0.05) is 19.8 Å². The molecule has 6 rings (SSSR count). The number of hydrogen-bond acceptors (Lipinski definition) is 5. The number of nitrogens with zero attached hydrogens (tertiary/aromatic N) is 4. The fraction of sp³-hybridized carbons (Fsp3) is 0.548. The summed E-state index contributed by atoms with van der Waals surface area (Å²) in [4.78, 5) is 26.4. The van der Waals surface area contributed by atoms with Crippen LogP contribution < -0.4 is 16.2 Å². The smallest absolute Gasteiger partial charge is 0.320 e. The van der Waals surface area contributed by atoms with E-state index < -0.39 is 41.0 Å². The second-order valence-electron chi connectivity index (χ2n) is 13.8. The van der Waals surface area contributed by atoms with Crippen molar-refractivity contribution in [3.63, 3.8) is 0 Å². The van der Waals surface area contributed by atoms with E-state index in [0.29, 0.717) is 22.6 Å². The highest BCUT2D eigenvalue weighted by Gasteiger charge is 2.64. The zero-order valence-electron chi connectivity index (χ0n) is 24.5. The van der Waals surface area contributed by atoms with E-state index in [4.69, 9.17) is 0 Å². The van der Waals surface area contributed by atoms with Crippen molar-refractivity contribution in [1.82, 2.24) is 24.6 Å². The number of alkyl halides is 3. The maximum absolute atomic E-state index is 15.1. The van der Waals surface area contributed by atoms with Crippen LogP contribution in [0.2, 0.25) is 0 Å². The highest BCUT2D eigenvalue weighted by atomic mass is 19.4. The van der Waals surface area contributed by atoms with E-state index >= 15 is 4.39 Å². The molecule has 3 aliphatic rings. The van der Waals surface area contributed by atoms with Gasteiger partial charge in [-0.3, -0.25) is 9.59 Å². The van der Waals surface area contributed by atoms with Crippen LogP contribution in [0.3, 0.4) is 0 Å². The number of aromatic nitrogens is 4. The maximum atomic E-state index is 15.1. The van der Waals surface area contributed by atoms with Crippen LogP contribution in [0, 0.1) is 22.6 Å². The van der Waals surface area contributed by atoms with E-state index in [0.717, 1.165) is 56.1 Å². The van der Waals surface area contributed by atoms with Gasteiger partial charge in [0.05, 0.1) is 11.1 Å². The highest BCUT2D eigenvalue weighted by molar-refractivity contribution is 6.04. The standard InChI is InChI=1S/C31H36F4N6O2/c1-28(2)13-29(14-28)15-30(16-29,27-39-37-18-40(27)3)21-6-7-23(32)24(9-21)38-25(42)22-8-20(11-36-10-19-4-5-19)12-41(26(22)43)17-31(33,34)35/h6-9,12,18-19,36H,4-5,10-11,13-17H2,1-3H3,(H,38,42). The van der Waals surface area contributed by atoms with Crippen LogP contribution in [0.25, 0.3) is 0 Å². The molecule has 230 valence electrons. The van der Waals surface area contributed by atoms with Crippen LogP contribution in [0.15, 0.2) is 41.6 Å². The number of anilines is 1. The number of amides is 1. The predicted octanol–water partition coefficient (Wildman–Crippen LogP) is 5.32. The van der Waals surface area contributed by atoms with Crippen molar-refractivity contribution >= 4 is 11.6 Å². The topological polar surface area (TPSA) is 93.8 Å². The lowest BCUT2D eigenvalue weighted by Crippen LogP contribution is -2.59. The van der Waals surface area contributed by atoms with Gasteiger partial charge in [-0.1, -0.05) is 19.9 Å². The Balaban J connectivity index is 1.30. The molecule has 2 aromatic heterocycles. The number of aryl methyl sites for hydroxylation is 1. The normalized spacial score (nSPS) is 20.0. The molecule has 8 nitrogen and oxygen atoms in total. The van der Waals surface area contributed by atoms with Crippen LogP contribution in [0.4, 0.5) is 23.2 Å². The van der Waals surface area contributed by atoms with Gasteiger partial charge in [-0.2, -0.15) is 13.2 Å². The molecular formula is C31H36F4N6O2. The highest BCUT2D eigenvalue weighted by Crippen LogP contribution is 2.71. The van der Waals surface area contributed by atoms with Gasteiger partial charge in [-0.15, -0.1) is 10.2 Å². The van der Waals surface area contributed by atoms with E-state index in [9.17, 15) is 22.8 Å². The SMILES string of the molecule is Cn1cnnc1C1(c2ccc(F)c(NC(=O)c3cc(CNCC4CC4)cn(CC(F)(F)F)c3=O)c2)CC2(CC(C)(C)C2)C1. The molecule has 0 aliphatic heterocycles. The second-order valence-corrected chi connectivity index (χ2v) is 13.8. The third-order valence-electron chi connectivity index (χ3n) is 9.16. The Bertz CT molecular complexity index is 1600. The molecule has 0 bridgehead atoms. The molecule has 2 heterocycles. The van der Waals surface area contributed by atoms with Crippen molar-refractivity contribution in [3.05, 3.63) is 75.5 Å². The molecule has 12 heteroatoms. The molecule has 0 saturated heterocycles. The summed E-state index contributed by atoms with van der Waals surface area (Å²) in [5.74, 6) is -0.417. The van der Waals surface area contributed by atoms with Gasteiger partial charge in [-0.05, 0) is 91.1 Å². The van der Waals surface area contributed by atoms with Gasteiger partial charge in [-0.25, -0.2) is 4.39 Å². The summed E-state index contributed by atoms with van der Waals surface area (Å²) in [7, 11) is 1.86. The molecule has 0 unspecified atom stereocenters. The quantitative estimate of drug-likeness (QED) is 0.325. The van der Waals surface area contributed by atoms with Crippen LogP contribution in [0.1, 0.15) is 79.7 Å². The maximum Gasteiger partial charge on any atom is 0.406 e. The summed E-state index contributed by atoms with van der Waals surface area (Å²) < 4.78 is 57.3. The third kappa shape index (κ3) is 5.85. The Labute approximate surface area is 246 Å². The fourth-order valence-corrected chi connectivity index (χ4v) is 7.78. The van der Waals surface area contributed by atoms with Crippen molar-refractivity contribution < 1.29 is 22.4 Å². The first-order valence-corrected chi connectivity index (χ1v) is 14.6. The van der Waals surface area contributed by atoms with E-state index in [1.165, 1.54) is 12.1 Å². The number of carbonyl (C=O) groups is 1. The van der Waals surface area contributed by atoms with Crippen molar-refractivity contribution in [2.45, 2.75) is 77.1 Å². The summed E-state index contributed by atoms with van der Waals surface area (Å²) in [6.45, 7) is 3.84. The number of halogens is 4. The first-order chi connectivity index (χ1) is 20.2. The molecule has 0 radical (unpaired) electrons. The molecule has 1 spiro atoms. The van der Waals surface area contributed by atoms with Crippen molar-refractivity contribution in [1.29, 1.82) is 0 Å².